The van der Waals surface area contributed by atoms with Crippen molar-refractivity contribution < 1.29 is 4.74 Å². The molecule has 0 aliphatic heterocycles. The SMILES string of the molecule is CC(N)Cc1cc(Br)ccc1OC1CCCC(C)C1. The van der Waals surface area contributed by atoms with E-state index in [1.165, 1.54) is 31.2 Å². The Kier molecular flexibility index (Phi) is 5.28. The van der Waals surface area contributed by atoms with Gasteiger partial charge in [0.25, 0.3) is 0 Å². The molecule has 0 aromatic heterocycles. The molecule has 1 aliphatic carbocycles. The van der Waals surface area contributed by atoms with Gasteiger partial charge in [-0.2, -0.15) is 0 Å². The first kappa shape index (κ1) is 14.9. The fourth-order valence-electron chi connectivity index (χ4n) is 2.83. The van der Waals surface area contributed by atoms with Crippen molar-refractivity contribution in [2.45, 2.75) is 58.1 Å². The van der Waals surface area contributed by atoms with Crippen molar-refractivity contribution in [1.29, 1.82) is 0 Å². The molecule has 3 unspecified atom stereocenters. The van der Waals surface area contributed by atoms with Crippen LogP contribution in [0.5, 0.6) is 5.75 Å². The molecule has 2 rings (SSSR count). The van der Waals surface area contributed by atoms with Crippen molar-refractivity contribution in [2.75, 3.05) is 0 Å². The Balaban J connectivity index is 2.10. The van der Waals surface area contributed by atoms with E-state index in [0.29, 0.717) is 6.10 Å². The summed E-state index contributed by atoms with van der Waals surface area (Å²) in [4.78, 5) is 0. The first-order valence-electron chi connectivity index (χ1n) is 7.25. The summed E-state index contributed by atoms with van der Waals surface area (Å²) in [6.07, 6.45) is 6.21. The van der Waals surface area contributed by atoms with Crippen LogP contribution in [-0.2, 0) is 6.42 Å². The molecule has 3 atom stereocenters. The third-order valence-corrected chi connectivity index (χ3v) is 4.24. The first-order valence-corrected chi connectivity index (χ1v) is 8.04. The van der Waals surface area contributed by atoms with Crippen LogP contribution >= 0.6 is 15.9 Å². The molecular formula is C16H24BrNO. The second-order valence-corrected chi connectivity index (χ2v) is 6.86. The standard InChI is InChI=1S/C16H24BrNO/c1-11-4-3-5-15(8-11)19-16-7-6-14(17)10-13(16)9-12(2)18/h6-7,10-12,15H,3-5,8-9,18H2,1-2H3. The summed E-state index contributed by atoms with van der Waals surface area (Å²) in [5.41, 5.74) is 7.14. The Morgan fingerprint density at radius 3 is 2.89 bits per heavy atom. The van der Waals surface area contributed by atoms with Crippen molar-refractivity contribution in [2.24, 2.45) is 11.7 Å². The third-order valence-electron chi connectivity index (χ3n) is 3.75. The minimum atomic E-state index is 0.155. The van der Waals surface area contributed by atoms with Crippen LogP contribution in [0.4, 0.5) is 0 Å². The Hall–Kier alpha value is -0.540. The Morgan fingerprint density at radius 1 is 1.42 bits per heavy atom. The smallest absolute Gasteiger partial charge is 0.123 e. The summed E-state index contributed by atoms with van der Waals surface area (Å²) in [5, 5.41) is 0. The van der Waals surface area contributed by atoms with Gasteiger partial charge in [-0.05, 0) is 62.3 Å². The van der Waals surface area contributed by atoms with Crippen LogP contribution in [0.15, 0.2) is 22.7 Å². The Morgan fingerprint density at radius 2 is 2.21 bits per heavy atom. The third kappa shape index (κ3) is 4.50. The molecule has 0 spiro atoms. The van der Waals surface area contributed by atoms with Crippen LogP contribution in [0, 0.1) is 5.92 Å². The maximum Gasteiger partial charge on any atom is 0.123 e. The molecule has 19 heavy (non-hydrogen) atoms. The minimum Gasteiger partial charge on any atom is -0.490 e. The molecule has 1 fully saturated rings. The minimum absolute atomic E-state index is 0.155. The maximum atomic E-state index is 6.24. The van der Waals surface area contributed by atoms with E-state index in [1.807, 2.05) is 13.0 Å². The molecule has 3 heteroatoms. The van der Waals surface area contributed by atoms with Crippen molar-refractivity contribution in [3.63, 3.8) is 0 Å². The van der Waals surface area contributed by atoms with Gasteiger partial charge in [0.1, 0.15) is 5.75 Å². The highest BCUT2D eigenvalue weighted by Crippen LogP contribution is 2.30. The zero-order valence-electron chi connectivity index (χ0n) is 11.9. The van der Waals surface area contributed by atoms with Gasteiger partial charge in [0.15, 0.2) is 0 Å². The second-order valence-electron chi connectivity index (χ2n) is 5.95. The molecule has 0 saturated heterocycles. The molecule has 106 valence electrons. The van der Waals surface area contributed by atoms with Crippen LogP contribution in [0.25, 0.3) is 0 Å². The lowest BCUT2D eigenvalue weighted by molar-refractivity contribution is 0.128. The number of ether oxygens (including phenoxy) is 1. The summed E-state index contributed by atoms with van der Waals surface area (Å²) in [6, 6.07) is 6.40. The molecule has 1 aromatic carbocycles. The monoisotopic (exact) mass is 325 g/mol. The molecule has 0 heterocycles. The lowest BCUT2D eigenvalue weighted by Crippen LogP contribution is -2.25. The summed E-state index contributed by atoms with van der Waals surface area (Å²) in [6.45, 7) is 4.35. The Bertz CT molecular complexity index is 419. The van der Waals surface area contributed by atoms with Crippen molar-refractivity contribution in [1.82, 2.24) is 0 Å². The van der Waals surface area contributed by atoms with Gasteiger partial charge < -0.3 is 10.5 Å². The second kappa shape index (κ2) is 6.76. The van der Waals surface area contributed by atoms with Crippen LogP contribution in [0.3, 0.4) is 0 Å². The highest BCUT2D eigenvalue weighted by atomic mass is 79.9. The maximum absolute atomic E-state index is 6.24. The molecule has 0 bridgehead atoms. The van der Waals surface area contributed by atoms with E-state index in [9.17, 15) is 0 Å². The summed E-state index contributed by atoms with van der Waals surface area (Å²) in [5.74, 6) is 1.80. The van der Waals surface area contributed by atoms with E-state index in [2.05, 4.69) is 35.0 Å². The molecule has 2 nitrogen and oxygen atoms in total. The van der Waals surface area contributed by atoms with Crippen LogP contribution in [0.1, 0.15) is 45.1 Å². The number of halogens is 1. The molecule has 1 aromatic rings. The average molecular weight is 326 g/mol. The van der Waals surface area contributed by atoms with Crippen molar-refractivity contribution in [3.05, 3.63) is 28.2 Å². The van der Waals surface area contributed by atoms with E-state index < -0.39 is 0 Å². The van der Waals surface area contributed by atoms with E-state index in [1.54, 1.807) is 0 Å². The molecule has 0 radical (unpaired) electrons. The van der Waals surface area contributed by atoms with Gasteiger partial charge in [-0.15, -0.1) is 0 Å². The molecule has 1 saturated carbocycles. The van der Waals surface area contributed by atoms with Crippen LogP contribution in [0.2, 0.25) is 0 Å². The summed E-state index contributed by atoms with van der Waals surface area (Å²) >= 11 is 3.52. The average Bonchev–Trinajstić information content (AvgIpc) is 2.32. The van der Waals surface area contributed by atoms with Gasteiger partial charge in [-0.3, -0.25) is 0 Å². The van der Waals surface area contributed by atoms with E-state index in [0.717, 1.165) is 22.6 Å². The quantitative estimate of drug-likeness (QED) is 0.895. The lowest BCUT2D eigenvalue weighted by atomic mass is 9.88. The number of nitrogens with two attached hydrogens (primary N) is 1. The zero-order chi connectivity index (χ0) is 13.8. The molecular weight excluding hydrogens is 302 g/mol. The fourth-order valence-corrected chi connectivity index (χ4v) is 3.24. The predicted molar refractivity (Wildman–Crippen MR) is 83.5 cm³/mol. The first-order chi connectivity index (χ1) is 9.04. The molecule has 0 amide bonds. The highest BCUT2D eigenvalue weighted by molar-refractivity contribution is 9.10. The summed E-state index contributed by atoms with van der Waals surface area (Å²) < 4.78 is 7.33. The number of hydrogen-bond donors (Lipinski definition) is 1. The van der Waals surface area contributed by atoms with Gasteiger partial charge in [0.2, 0.25) is 0 Å². The van der Waals surface area contributed by atoms with Crippen LogP contribution in [-0.4, -0.2) is 12.1 Å². The fraction of sp³-hybridized carbons (Fsp3) is 0.625. The zero-order valence-corrected chi connectivity index (χ0v) is 13.4. The van der Waals surface area contributed by atoms with Crippen molar-refractivity contribution >= 4 is 15.9 Å². The topological polar surface area (TPSA) is 35.2 Å². The number of benzene rings is 1. The van der Waals surface area contributed by atoms with Crippen LogP contribution < -0.4 is 10.5 Å². The normalized spacial score (nSPS) is 25.1. The largest absolute Gasteiger partial charge is 0.490 e. The van der Waals surface area contributed by atoms with Gasteiger partial charge in [-0.1, -0.05) is 29.3 Å². The number of hydrogen-bond acceptors (Lipinski definition) is 2. The highest BCUT2D eigenvalue weighted by Gasteiger charge is 2.21. The van der Waals surface area contributed by atoms with Gasteiger partial charge in [0.05, 0.1) is 6.10 Å². The lowest BCUT2D eigenvalue weighted by Gasteiger charge is -2.28. The van der Waals surface area contributed by atoms with E-state index >= 15 is 0 Å². The van der Waals surface area contributed by atoms with E-state index in [-0.39, 0.29) is 6.04 Å². The van der Waals surface area contributed by atoms with Gasteiger partial charge >= 0.3 is 0 Å². The number of rotatable bonds is 4. The van der Waals surface area contributed by atoms with E-state index in [4.69, 9.17) is 10.5 Å². The van der Waals surface area contributed by atoms with Crippen molar-refractivity contribution in [3.8, 4) is 5.75 Å². The molecule has 2 N–H and O–H groups in total. The Labute approximate surface area is 124 Å². The van der Waals surface area contributed by atoms with Gasteiger partial charge in [0, 0.05) is 10.5 Å². The predicted octanol–water partition coefficient (Wildman–Crippen LogP) is 4.30. The summed E-state index contributed by atoms with van der Waals surface area (Å²) in [7, 11) is 0. The molecule has 1 aliphatic rings. The van der Waals surface area contributed by atoms with Gasteiger partial charge in [-0.25, -0.2) is 0 Å².